The second-order valence-corrected chi connectivity index (χ2v) is 2.58. The van der Waals surface area contributed by atoms with E-state index < -0.39 is 8.03 Å². The maximum atomic E-state index is 10.3. The Morgan fingerprint density at radius 1 is 1.70 bits per heavy atom. The average Bonchev–Trinajstić information content (AvgIpc) is 1.87. The van der Waals surface area contributed by atoms with Crippen LogP contribution in [0.5, 0.6) is 0 Å². The van der Waals surface area contributed by atoms with Gasteiger partial charge in [0.2, 0.25) is 0 Å². The minimum atomic E-state index is -1.52. The van der Waals surface area contributed by atoms with Crippen LogP contribution in [0.1, 0.15) is 6.92 Å². The molecule has 0 aromatic heterocycles. The van der Waals surface area contributed by atoms with Crippen molar-refractivity contribution in [3.63, 3.8) is 0 Å². The van der Waals surface area contributed by atoms with Crippen molar-refractivity contribution in [1.29, 1.82) is 0 Å². The van der Waals surface area contributed by atoms with Gasteiger partial charge in [0.15, 0.2) is 6.66 Å². The highest BCUT2D eigenvalue weighted by molar-refractivity contribution is 7.38. The molecule has 5 heteroatoms. The van der Waals surface area contributed by atoms with Crippen LogP contribution in [-0.2, 0) is 13.9 Å². The molecular weight excluding hydrogens is 153 g/mol. The molecule has 0 aromatic carbocycles. The van der Waals surface area contributed by atoms with Crippen molar-refractivity contribution in [1.82, 2.24) is 0 Å². The Bertz CT molecular complexity index is 126. The van der Waals surface area contributed by atoms with E-state index >= 15 is 0 Å². The van der Waals surface area contributed by atoms with Gasteiger partial charge in [-0.2, -0.15) is 0 Å². The zero-order valence-electron chi connectivity index (χ0n) is 6.11. The normalized spacial score (nSPS) is 12.0. The number of rotatable bonds is 5. The van der Waals surface area contributed by atoms with Crippen LogP contribution in [0, 0.1) is 0 Å². The lowest BCUT2D eigenvalue weighted by Crippen LogP contribution is -1.88. The SMILES string of the molecule is CCON=CCO[P+](C)=O. The second kappa shape index (κ2) is 6.65. The molecule has 0 rings (SSSR count). The van der Waals surface area contributed by atoms with Crippen molar-refractivity contribution in [3.8, 4) is 0 Å². The summed E-state index contributed by atoms with van der Waals surface area (Å²) in [4.78, 5) is 4.61. The van der Waals surface area contributed by atoms with Gasteiger partial charge in [-0.1, -0.05) is 5.16 Å². The molecule has 0 heterocycles. The molecule has 58 valence electrons. The number of nitrogens with zero attached hydrogens (tertiary/aromatic N) is 1. The van der Waals surface area contributed by atoms with E-state index in [0.29, 0.717) is 6.61 Å². The van der Waals surface area contributed by atoms with E-state index in [9.17, 15) is 4.57 Å². The number of oxime groups is 1. The number of hydrogen-bond donors (Lipinski definition) is 0. The zero-order chi connectivity index (χ0) is 7.82. The monoisotopic (exact) mass is 164 g/mol. The van der Waals surface area contributed by atoms with Crippen molar-refractivity contribution >= 4 is 14.2 Å². The van der Waals surface area contributed by atoms with E-state index in [1.807, 2.05) is 6.92 Å². The van der Waals surface area contributed by atoms with Crippen LogP contribution in [0.3, 0.4) is 0 Å². The first-order chi connectivity index (χ1) is 4.77. The largest absolute Gasteiger partial charge is 0.505 e. The van der Waals surface area contributed by atoms with Gasteiger partial charge in [-0.15, -0.1) is 4.52 Å². The van der Waals surface area contributed by atoms with Crippen LogP contribution in [0.15, 0.2) is 5.16 Å². The molecular formula is C5H11NO3P+. The molecule has 10 heavy (non-hydrogen) atoms. The van der Waals surface area contributed by atoms with E-state index in [-0.39, 0.29) is 6.61 Å². The zero-order valence-corrected chi connectivity index (χ0v) is 7.01. The predicted molar refractivity (Wildman–Crippen MR) is 39.6 cm³/mol. The van der Waals surface area contributed by atoms with Gasteiger partial charge in [0.05, 0.1) is 6.21 Å². The van der Waals surface area contributed by atoms with Gasteiger partial charge in [-0.3, -0.25) is 0 Å². The molecule has 0 bridgehead atoms. The molecule has 4 nitrogen and oxygen atoms in total. The van der Waals surface area contributed by atoms with Crippen molar-refractivity contribution in [2.45, 2.75) is 6.92 Å². The van der Waals surface area contributed by atoms with Crippen molar-refractivity contribution < 1.29 is 13.9 Å². The highest BCUT2D eigenvalue weighted by atomic mass is 31.1. The molecule has 0 radical (unpaired) electrons. The number of hydrogen-bond acceptors (Lipinski definition) is 4. The quantitative estimate of drug-likeness (QED) is 0.350. The van der Waals surface area contributed by atoms with E-state index in [4.69, 9.17) is 0 Å². The molecule has 0 aromatic rings. The summed E-state index contributed by atoms with van der Waals surface area (Å²) in [5.74, 6) is 0. The summed E-state index contributed by atoms with van der Waals surface area (Å²) in [5, 5.41) is 3.48. The van der Waals surface area contributed by atoms with Crippen LogP contribution in [0.25, 0.3) is 0 Å². The molecule has 0 fully saturated rings. The Labute approximate surface area is 61.1 Å². The summed E-state index contributed by atoms with van der Waals surface area (Å²) in [5.41, 5.74) is 0. The molecule has 0 spiro atoms. The topological polar surface area (TPSA) is 47.9 Å². The maximum absolute atomic E-state index is 10.3. The fourth-order valence-electron chi connectivity index (χ4n) is 0.296. The van der Waals surface area contributed by atoms with Crippen LogP contribution in [0.2, 0.25) is 0 Å². The lowest BCUT2D eigenvalue weighted by Gasteiger charge is -1.87. The van der Waals surface area contributed by atoms with Crippen molar-refractivity contribution in [3.05, 3.63) is 0 Å². The van der Waals surface area contributed by atoms with Crippen molar-refractivity contribution in [2.24, 2.45) is 5.16 Å². The summed E-state index contributed by atoms with van der Waals surface area (Å²) in [6.07, 6.45) is 1.43. The van der Waals surface area contributed by atoms with Gasteiger partial charge in [0, 0.05) is 0 Å². The van der Waals surface area contributed by atoms with E-state index in [1.165, 1.54) is 12.9 Å². The molecule has 1 unspecified atom stereocenters. The summed E-state index contributed by atoms with van der Waals surface area (Å²) < 4.78 is 15.0. The molecule has 0 aliphatic rings. The van der Waals surface area contributed by atoms with E-state index in [0.717, 1.165) is 0 Å². The minimum Gasteiger partial charge on any atom is -0.396 e. The smallest absolute Gasteiger partial charge is 0.396 e. The molecule has 0 aliphatic carbocycles. The Hall–Kier alpha value is -0.470. The second-order valence-electron chi connectivity index (χ2n) is 1.44. The third-order valence-electron chi connectivity index (χ3n) is 0.609. The molecule has 0 saturated heterocycles. The third-order valence-corrected chi connectivity index (χ3v) is 1.12. The minimum absolute atomic E-state index is 0.242. The van der Waals surface area contributed by atoms with Gasteiger partial charge in [-0.05, 0) is 11.5 Å². The highest BCUT2D eigenvalue weighted by Crippen LogP contribution is 2.12. The Kier molecular flexibility index (Phi) is 6.33. The predicted octanol–water partition coefficient (Wildman–Crippen LogP) is 1.40. The molecule has 0 N–H and O–H groups in total. The van der Waals surface area contributed by atoms with Crippen LogP contribution in [0.4, 0.5) is 0 Å². The Morgan fingerprint density at radius 2 is 2.40 bits per heavy atom. The van der Waals surface area contributed by atoms with Gasteiger partial charge in [0.1, 0.15) is 13.2 Å². The van der Waals surface area contributed by atoms with Gasteiger partial charge in [-0.25, -0.2) is 0 Å². The third kappa shape index (κ3) is 7.53. The Morgan fingerprint density at radius 3 is 2.90 bits per heavy atom. The van der Waals surface area contributed by atoms with E-state index in [2.05, 4.69) is 14.5 Å². The standard InChI is InChI=1S/C5H11NO3P/c1-3-8-6-4-5-9-10(2)7/h4H,3,5H2,1-2H3/q+1. The molecule has 0 aliphatic heterocycles. The van der Waals surface area contributed by atoms with Crippen LogP contribution >= 0.6 is 8.03 Å². The van der Waals surface area contributed by atoms with Crippen molar-refractivity contribution in [2.75, 3.05) is 19.9 Å². The first kappa shape index (κ1) is 9.53. The average molecular weight is 164 g/mol. The first-order valence-electron chi connectivity index (χ1n) is 2.95. The van der Waals surface area contributed by atoms with E-state index in [1.54, 1.807) is 0 Å². The van der Waals surface area contributed by atoms with Crippen LogP contribution in [-0.4, -0.2) is 26.1 Å². The molecule has 0 saturated carbocycles. The summed E-state index contributed by atoms with van der Waals surface area (Å²) in [7, 11) is -1.52. The fourth-order valence-corrected chi connectivity index (χ4v) is 0.573. The lowest BCUT2D eigenvalue weighted by molar-refractivity contribution is 0.159. The van der Waals surface area contributed by atoms with Gasteiger partial charge < -0.3 is 4.84 Å². The summed E-state index contributed by atoms with van der Waals surface area (Å²) >= 11 is 0. The Balaban J connectivity index is 3.10. The van der Waals surface area contributed by atoms with Crippen LogP contribution < -0.4 is 0 Å². The molecule has 0 amide bonds. The lowest BCUT2D eigenvalue weighted by atomic mass is 10.8. The first-order valence-corrected chi connectivity index (χ1v) is 4.57. The molecule has 1 atom stereocenters. The summed E-state index contributed by atoms with van der Waals surface area (Å²) in [6.45, 7) is 4.10. The van der Waals surface area contributed by atoms with Gasteiger partial charge >= 0.3 is 8.03 Å². The maximum Gasteiger partial charge on any atom is 0.505 e. The fraction of sp³-hybridized carbons (Fsp3) is 0.800. The van der Waals surface area contributed by atoms with Gasteiger partial charge in [0.25, 0.3) is 0 Å². The summed E-state index contributed by atoms with van der Waals surface area (Å²) in [6, 6.07) is 0. The highest BCUT2D eigenvalue weighted by Gasteiger charge is 2.02.